The third kappa shape index (κ3) is 2.47. The topological polar surface area (TPSA) is 72.9 Å². The maximum absolute atomic E-state index is 12.7. The molecule has 0 aliphatic heterocycles. The largest absolute Gasteiger partial charge is 0.293 e. The summed E-state index contributed by atoms with van der Waals surface area (Å²) in [6, 6.07) is 11.8. The molecule has 0 saturated heterocycles. The third-order valence-electron chi connectivity index (χ3n) is 3.01. The molecule has 0 unspecified atom stereocenters. The fourth-order valence-electron chi connectivity index (χ4n) is 2.14. The third-order valence-corrected chi connectivity index (χ3v) is 3.45. The van der Waals surface area contributed by atoms with Crippen molar-refractivity contribution < 1.29 is 0 Å². The van der Waals surface area contributed by atoms with Gasteiger partial charge in [0.25, 0.3) is 5.56 Å². The summed E-state index contributed by atoms with van der Waals surface area (Å²) in [6.45, 7) is 0. The Morgan fingerprint density at radius 2 is 1.76 bits per heavy atom. The second-order valence-electron chi connectivity index (χ2n) is 4.37. The second kappa shape index (κ2) is 5.37. The summed E-state index contributed by atoms with van der Waals surface area (Å²) in [5.74, 6) is 5.69. The summed E-state index contributed by atoms with van der Waals surface area (Å²) in [7, 11) is 0. The quantitative estimate of drug-likeness (QED) is 0.562. The van der Waals surface area contributed by atoms with E-state index < -0.39 is 0 Å². The Morgan fingerprint density at radius 1 is 1.10 bits per heavy atom. The van der Waals surface area contributed by atoms with Crippen LogP contribution in [0.4, 0.5) is 5.95 Å². The van der Waals surface area contributed by atoms with Crippen molar-refractivity contribution in [1.29, 1.82) is 0 Å². The highest BCUT2D eigenvalue weighted by Gasteiger charge is 2.12. The Hall–Kier alpha value is -2.08. The van der Waals surface area contributed by atoms with Crippen LogP contribution in [0.25, 0.3) is 16.6 Å². The van der Waals surface area contributed by atoms with Crippen LogP contribution in [0.2, 0.25) is 10.0 Å². The van der Waals surface area contributed by atoms with Gasteiger partial charge in [-0.3, -0.25) is 10.2 Å². The molecule has 3 N–H and O–H groups in total. The SMILES string of the molecule is NNc1nc2ccccc2c(=O)n1-c1cc(Cl)cc(Cl)c1. The van der Waals surface area contributed by atoms with E-state index in [2.05, 4.69) is 10.4 Å². The van der Waals surface area contributed by atoms with Crippen molar-refractivity contribution in [1.82, 2.24) is 9.55 Å². The number of nitrogens with two attached hydrogens (primary N) is 1. The lowest BCUT2D eigenvalue weighted by molar-refractivity contribution is 0.956. The van der Waals surface area contributed by atoms with Gasteiger partial charge in [0.2, 0.25) is 5.95 Å². The highest BCUT2D eigenvalue weighted by atomic mass is 35.5. The number of fused-ring (bicyclic) bond motifs is 1. The van der Waals surface area contributed by atoms with Crippen molar-refractivity contribution in [2.24, 2.45) is 5.84 Å². The number of rotatable bonds is 2. The van der Waals surface area contributed by atoms with Gasteiger partial charge < -0.3 is 0 Å². The minimum atomic E-state index is -0.258. The molecule has 1 aromatic heterocycles. The molecule has 0 saturated carbocycles. The van der Waals surface area contributed by atoms with Gasteiger partial charge in [-0.15, -0.1) is 0 Å². The number of aromatic nitrogens is 2. The highest BCUT2D eigenvalue weighted by molar-refractivity contribution is 6.34. The molecule has 0 atom stereocenters. The van der Waals surface area contributed by atoms with Crippen LogP contribution in [0.15, 0.2) is 47.3 Å². The van der Waals surface area contributed by atoms with Crippen LogP contribution in [-0.2, 0) is 0 Å². The molecule has 7 heteroatoms. The molecule has 5 nitrogen and oxygen atoms in total. The predicted molar refractivity (Wildman–Crippen MR) is 85.2 cm³/mol. The molecule has 0 bridgehead atoms. The van der Waals surface area contributed by atoms with Crippen LogP contribution in [0.3, 0.4) is 0 Å². The first-order chi connectivity index (χ1) is 10.1. The number of nitrogen functional groups attached to an aromatic ring is 1. The number of hydrogen-bond donors (Lipinski definition) is 2. The first-order valence-electron chi connectivity index (χ1n) is 6.05. The summed E-state index contributed by atoms with van der Waals surface area (Å²) in [6.07, 6.45) is 0. The lowest BCUT2D eigenvalue weighted by atomic mass is 10.2. The molecule has 0 fully saturated rings. The van der Waals surface area contributed by atoms with Crippen LogP contribution in [0.5, 0.6) is 0 Å². The summed E-state index contributed by atoms with van der Waals surface area (Å²) in [5.41, 5.74) is 3.22. The van der Waals surface area contributed by atoms with E-state index in [0.29, 0.717) is 26.6 Å². The van der Waals surface area contributed by atoms with Gasteiger partial charge in [-0.1, -0.05) is 35.3 Å². The van der Waals surface area contributed by atoms with E-state index in [9.17, 15) is 4.79 Å². The van der Waals surface area contributed by atoms with Crippen molar-refractivity contribution in [3.8, 4) is 5.69 Å². The number of nitrogens with zero attached hydrogens (tertiary/aromatic N) is 2. The lowest BCUT2D eigenvalue weighted by Crippen LogP contribution is -2.26. The van der Waals surface area contributed by atoms with E-state index >= 15 is 0 Å². The van der Waals surface area contributed by atoms with Gasteiger partial charge in [0, 0.05) is 10.0 Å². The number of anilines is 1. The van der Waals surface area contributed by atoms with Gasteiger partial charge in [-0.25, -0.2) is 15.4 Å². The zero-order valence-electron chi connectivity index (χ0n) is 10.7. The highest BCUT2D eigenvalue weighted by Crippen LogP contribution is 2.23. The van der Waals surface area contributed by atoms with E-state index in [4.69, 9.17) is 29.0 Å². The molecule has 0 amide bonds. The Bertz CT molecular complexity index is 872. The number of hydrogen-bond acceptors (Lipinski definition) is 4. The Morgan fingerprint density at radius 3 is 2.43 bits per heavy atom. The molecule has 0 aliphatic rings. The average molecular weight is 321 g/mol. The van der Waals surface area contributed by atoms with E-state index in [0.717, 1.165) is 0 Å². The minimum Gasteiger partial charge on any atom is -0.293 e. The lowest BCUT2D eigenvalue weighted by Gasteiger charge is -2.13. The first-order valence-corrected chi connectivity index (χ1v) is 6.80. The van der Waals surface area contributed by atoms with Crippen LogP contribution in [0.1, 0.15) is 0 Å². The van der Waals surface area contributed by atoms with Crippen LogP contribution in [0, 0.1) is 0 Å². The van der Waals surface area contributed by atoms with Crippen molar-refractivity contribution in [2.45, 2.75) is 0 Å². The molecule has 21 heavy (non-hydrogen) atoms. The first kappa shape index (κ1) is 13.9. The normalized spacial score (nSPS) is 10.8. The molecule has 2 aromatic carbocycles. The maximum atomic E-state index is 12.7. The fraction of sp³-hybridized carbons (Fsp3) is 0. The minimum absolute atomic E-state index is 0.206. The summed E-state index contributed by atoms with van der Waals surface area (Å²) in [5, 5.41) is 1.31. The van der Waals surface area contributed by atoms with Gasteiger partial charge in [0.1, 0.15) is 0 Å². The molecule has 3 aromatic rings. The number of benzene rings is 2. The summed E-state index contributed by atoms with van der Waals surface area (Å²) in [4.78, 5) is 17.0. The van der Waals surface area contributed by atoms with E-state index in [1.807, 2.05) is 0 Å². The van der Waals surface area contributed by atoms with Gasteiger partial charge in [-0.05, 0) is 30.3 Å². The standard InChI is InChI=1S/C14H10Cl2N4O/c15-8-5-9(16)7-10(6-8)20-13(21)11-3-1-2-4-12(11)18-14(20)19-17/h1-7H,17H2,(H,18,19). The van der Waals surface area contributed by atoms with Crippen molar-refractivity contribution in [2.75, 3.05) is 5.43 Å². The van der Waals surface area contributed by atoms with Crippen LogP contribution >= 0.6 is 23.2 Å². The summed E-state index contributed by atoms with van der Waals surface area (Å²) >= 11 is 12.0. The maximum Gasteiger partial charge on any atom is 0.267 e. The second-order valence-corrected chi connectivity index (χ2v) is 5.24. The number of nitrogens with one attached hydrogen (secondary N) is 1. The molecule has 0 aliphatic carbocycles. The molecular formula is C14H10Cl2N4O. The molecule has 0 radical (unpaired) electrons. The van der Waals surface area contributed by atoms with E-state index in [1.165, 1.54) is 4.57 Å². The number of hydrazine groups is 1. The number of halogens is 2. The molecule has 0 spiro atoms. The van der Waals surface area contributed by atoms with E-state index in [-0.39, 0.29) is 11.5 Å². The smallest absolute Gasteiger partial charge is 0.267 e. The van der Waals surface area contributed by atoms with Gasteiger partial charge in [-0.2, -0.15) is 0 Å². The summed E-state index contributed by atoms with van der Waals surface area (Å²) < 4.78 is 1.33. The monoisotopic (exact) mass is 320 g/mol. The number of para-hydroxylation sites is 1. The van der Waals surface area contributed by atoms with Crippen LogP contribution < -0.4 is 16.8 Å². The predicted octanol–water partition coefficient (Wildman–Crippen LogP) is 2.98. The molecule has 1 heterocycles. The Labute approximate surface area is 129 Å². The van der Waals surface area contributed by atoms with Gasteiger partial charge >= 0.3 is 0 Å². The average Bonchev–Trinajstić information content (AvgIpc) is 2.46. The molecule has 106 valence electrons. The molecular weight excluding hydrogens is 311 g/mol. The van der Waals surface area contributed by atoms with Crippen molar-refractivity contribution in [3.05, 3.63) is 62.9 Å². The molecule has 3 rings (SSSR count). The zero-order valence-corrected chi connectivity index (χ0v) is 12.2. The van der Waals surface area contributed by atoms with E-state index in [1.54, 1.807) is 42.5 Å². The van der Waals surface area contributed by atoms with Crippen molar-refractivity contribution in [3.63, 3.8) is 0 Å². The van der Waals surface area contributed by atoms with Crippen LogP contribution in [-0.4, -0.2) is 9.55 Å². The fourth-order valence-corrected chi connectivity index (χ4v) is 2.65. The Kier molecular flexibility index (Phi) is 3.55. The van der Waals surface area contributed by atoms with Crippen molar-refractivity contribution >= 4 is 40.1 Å². The zero-order chi connectivity index (χ0) is 15.0. The van der Waals surface area contributed by atoms with Gasteiger partial charge in [0.15, 0.2) is 0 Å². The van der Waals surface area contributed by atoms with Gasteiger partial charge in [0.05, 0.1) is 16.6 Å². The Balaban J connectivity index is 2.40.